The fourth-order valence-corrected chi connectivity index (χ4v) is 5.55. The lowest BCUT2D eigenvalue weighted by molar-refractivity contribution is 0.0984. The Morgan fingerprint density at radius 2 is 1.48 bits per heavy atom. The van der Waals surface area contributed by atoms with Crippen molar-refractivity contribution >= 4 is 28.6 Å². The van der Waals surface area contributed by atoms with E-state index in [1.54, 1.807) is 11.1 Å². The van der Waals surface area contributed by atoms with Gasteiger partial charge >= 0.3 is 0 Å². The normalized spacial score (nSPS) is 11.1. The van der Waals surface area contributed by atoms with Crippen LogP contribution in [0.5, 0.6) is 0 Å². The average molecular weight is 608 g/mol. The van der Waals surface area contributed by atoms with Crippen LogP contribution in [0.3, 0.4) is 0 Å². The third kappa shape index (κ3) is 6.87. The minimum Gasteiger partial charge on any atom is -0.384 e. The first-order valence-electron chi connectivity index (χ1n) is 15.4. The van der Waals surface area contributed by atoms with Crippen LogP contribution in [0.1, 0.15) is 49.6 Å². The molecule has 46 heavy (non-hydrogen) atoms. The van der Waals surface area contributed by atoms with Gasteiger partial charge in [0.05, 0.1) is 17.6 Å². The molecular formula is C38H37N7O. The van der Waals surface area contributed by atoms with Gasteiger partial charge in [-0.25, -0.2) is 9.97 Å². The number of nitrogens with two attached hydrogens (primary N) is 2. The summed E-state index contributed by atoms with van der Waals surface area (Å²) in [5.74, 6) is 1.43. The summed E-state index contributed by atoms with van der Waals surface area (Å²) >= 11 is 0. The van der Waals surface area contributed by atoms with Gasteiger partial charge in [-0.15, -0.1) is 0 Å². The Labute approximate surface area is 268 Å². The van der Waals surface area contributed by atoms with Crippen LogP contribution < -0.4 is 16.4 Å². The predicted molar refractivity (Wildman–Crippen MR) is 184 cm³/mol. The van der Waals surface area contributed by atoms with E-state index in [9.17, 15) is 4.79 Å². The van der Waals surface area contributed by atoms with Gasteiger partial charge in [0.25, 0.3) is 5.91 Å². The van der Waals surface area contributed by atoms with Crippen molar-refractivity contribution in [3.05, 3.63) is 160 Å². The number of carbonyl (C=O) groups excluding carboxylic acids is 1. The van der Waals surface area contributed by atoms with Crippen molar-refractivity contribution in [2.24, 2.45) is 11.5 Å². The fraction of sp³-hybridized carbons (Fsp3) is 0.158. The first kappa shape index (κ1) is 30.4. The molecule has 0 spiro atoms. The van der Waals surface area contributed by atoms with Gasteiger partial charge < -0.3 is 16.0 Å². The maximum absolute atomic E-state index is 14.1. The summed E-state index contributed by atoms with van der Waals surface area (Å²) in [6.07, 6.45) is 3.18. The molecule has 2 aromatic heterocycles. The molecule has 0 aliphatic heterocycles. The minimum absolute atomic E-state index is 0.0582. The van der Waals surface area contributed by atoms with Crippen molar-refractivity contribution in [2.45, 2.75) is 39.4 Å². The molecule has 4 aromatic carbocycles. The van der Waals surface area contributed by atoms with E-state index >= 15 is 0 Å². The topological polar surface area (TPSA) is 127 Å². The number of rotatable bonds is 11. The van der Waals surface area contributed by atoms with E-state index in [4.69, 9.17) is 21.9 Å². The molecular weight excluding hydrogens is 570 g/mol. The highest BCUT2D eigenvalue weighted by Gasteiger charge is 2.21. The third-order valence-electron chi connectivity index (χ3n) is 8.21. The summed E-state index contributed by atoms with van der Waals surface area (Å²) < 4.78 is 2.24. The Hall–Kier alpha value is -5.60. The summed E-state index contributed by atoms with van der Waals surface area (Å²) in [6, 6.07) is 35.7. The third-order valence-corrected chi connectivity index (χ3v) is 8.21. The van der Waals surface area contributed by atoms with Crippen molar-refractivity contribution in [3.8, 4) is 0 Å². The summed E-state index contributed by atoms with van der Waals surface area (Å²) in [7, 11) is 0. The molecule has 8 heteroatoms. The lowest BCUT2D eigenvalue weighted by atomic mass is 10.1. The van der Waals surface area contributed by atoms with Crippen LogP contribution in [0.25, 0.3) is 11.0 Å². The fourth-order valence-electron chi connectivity index (χ4n) is 5.55. The van der Waals surface area contributed by atoms with Gasteiger partial charge in [-0.05, 0) is 65.9 Å². The number of aryl methyl sites for hydroxylation is 3. The molecule has 0 saturated carbocycles. The second kappa shape index (κ2) is 13.6. The Balaban J connectivity index is 1.33. The number of fused-ring (bicyclic) bond motifs is 1. The van der Waals surface area contributed by atoms with Crippen molar-refractivity contribution in [1.82, 2.24) is 14.5 Å². The second-order valence-corrected chi connectivity index (χ2v) is 11.5. The number of amides is 1. The number of nitrogens with zero attached hydrogens (tertiary/aromatic N) is 4. The largest absolute Gasteiger partial charge is 0.384 e. The number of hydrogen-bond acceptors (Lipinski definition) is 5. The van der Waals surface area contributed by atoms with E-state index in [1.165, 1.54) is 11.1 Å². The number of benzene rings is 4. The van der Waals surface area contributed by atoms with Gasteiger partial charge in [0.2, 0.25) is 0 Å². The molecule has 0 saturated heterocycles. The molecule has 8 nitrogen and oxygen atoms in total. The highest BCUT2D eigenvalue weighted by Crippen LogP contribution is 2.24. The Morgan fingerprint density at radius 1 is 0.804 bits per heavy atom. The molecule has 5 N–H and O–H groups in total. The number of amidine groups is 1. The summed E-state index contributed by atoms with van der Waals surface area (Å²) in [4.78, 5) is 25.4. The molecule has 0 fully saturated rings. The molecule has 1 amide bonds. The zero-order valence-corrected chi connectivity index (χ0v) is 25.9. The number of anilines is 1. The van der Waals surface area contributed by atoms with Gasteiger partial charge in [-0.1, -0.05) is 84.4 Å². The first-order chi connectivity index (χ1) is 22.4. The number of carbonyl (C=O) groups is 1. The molecule has 230 valence electrons. The van der Waals surface area contributed by atoms with E-state index in [2.05, 4.69) is 40.7 Å². The van der Waals surface area contributed by atoms with E-state index in [0.29, 0.717) is 43.0 Å². The van der Waals surface area contributed by atoms with Crippen LogP contribution in [-0.2, 0) is 32.5 Å². The van der Waals surface area contributed by atoms with Crippen LogP contribution in [0.4, 0.5) is 5.82 Å². The van der Waals surface area contributed by atoms with Crippen molar-refractivity contribution < 1.29 is 4.79 Å². The number of imidazole rings is 1. The molecule has 0 unspecified atom stereocenters. The van der Waals surface area contributed by atoms with Gasteiger partial charge in [-0.3, -0.25) is 15.1 Å². The Kier molecular flexibility index (Phi) is 8.98. The number of pyridine rings is 1. The number of nitrogen functional groups attached to an aromatic ring is 1. The average Bonchev–Trinajstić information content (AvgIpc) is 3.43. The van der Waals surface area contributed by atoms with E-state index in [-0.39, 0.29) is 11.7 Å². The van der Waals surface area contributed by atoms with Crippen LogP contribution in [0, 0.1) is 12.3 Å². The highest BCUT2D eigenvalue weighted by atomic mass is 16.2. The Bertz CT molecular complexity index is 1960. The number of aromatic nitrogens is 3. The van der Waals surface area contributed by atoms with Gasteiger partial charge in [0, 0.05) is 36.8 Å². The molecule has 0 atom stereocenters. The number of nitrogens with one attached hydrogen (secondary N) is 1. The van der Waals surface area contributed by atoms with Crippen molar-refractivity contribution in [3.63, 3.8) is 0 Å². The lowest BCUT2D eigenvalue weighted by Gasteiger charge is -2.22. The van der Waals surface area contributed by atoms with Gasteiger partial charge in [-0.2, -0.15) is 0 Å². The van der Waals surface area contributed by atoms with Crippen LogP contribution in [0.2, 0.25) is 0 Å². The summed E-state index contributed by atoms with van der Waals surface area (Å²) in [5.41, 5.74) is 20.0. The highest BCUT2D eigenvalue weighted by molar-refractivity contribution is 6.07. The summed E-state index contributed by atoms with van der Waals surface area (Å²) in [5, 5.41) is 7.68. The second-order valence-electron chi connectivity index (χ2n) is 11.5. The van der Waals surface area contributed by atoms with Crippen molar-refractivity contribution in [1.29, 1.82) is 5.41 Å². The maximum atomic E-state index is 14.1. The Morgan fingerprint density at radius 3 is 2.15 bits per heavy atom. The zero-order chi connectivity index (χ0) is 32.0. The maximum Gasteiger partial charge on any atom is 0.259 e. The van der Waals surface area contributed by atoms with Crippen molar-refractivity contribution in [2.75, 3.05) is 4.90 Å². The molecule has 0 radical (unpaired) electrons. The van der Waals surface area contributed by atoms with E-state index in [1.807, 2.05) is 84.9 Å². The molecule has 0 aliphatic rings. The quantitative estimate of drug-likeness (QED) is 0.120. The molecule has 2 heterocycles. The zero-order valence-electron chi connectivity index (χ0n) is 25.9. The molecule has 6 aromatic rings. The molecule has 6 rings (SSSR count). The van der Waals surface area contributed by atoms with Crippen LogP contribution in [0.15, 0.2) is 115 Å². The first-order valence-corrected chi connectivity index (χ1v) is 15.4. The van der Waals surface area contributed by atoms with Crippen LogP contribution in [-0.4, -0.2) is 26.3 Å². The summed E-state index contributed by atoms with van der Waals surface area (Å²) in [6.45, 7) is 3.59. The van der Waals surface area contributed by atoms with Gasteiger partial charge in [0.1, 0.15) is 17.5 Å². The predicted octanol–water partition coefficient (Wildman–Crippen LogP) is 6.16. The van der Waals surface area contributed by atoms with E-state index < -0.39 is 0 Å². The standard InChI is InChI=1S/C38H37N7O/c1-26-5-7-29(8-6-26)24-44-34-19-18-32(22-33(34)43-36(44)20-15-27-13-16-31(17-14-27)37(40)41)38(46)45(35-4-2-3-21-42-35)25-30-11-9-28(23-39)10-12-30/h2-14,16-19,21-22H,15,20,23-25,39H2,1H3,(H3,40,41). The molecule has 0 aliphatic carbocycles. The minimum atomic E-state index is -0.149. The van der Waals surface area contributed by atoms with Gasteiger partial charge in [0.15, 0.2) is 0 Å². The van der Waals surface area contributed by atoms with E-state index in [0.717, 1.165) is 40.0 Å². The number of hydrogen-bond donors (Lipinski definition) is 3. The monoisotopic (exact) mass is 607 g/mol. The SMILES string of the molecule is Cc1ccc(Cn2c(CCc3ccc(C(=N)N)cc3)nc3cc(C(=O)N(Cc4ccc(CN)cc4)c4ccccn4)ccc32)cc1. The molecule has 0 bridgehead atoms. The smallest absolute Gasteiger partial charge is 0.259 e. The van der Waals surface area contributed by atoms with Crippen LogP contribution >= 0.6 is 0 Å². The lowest BCUT2D eigenvalue weighted by Crippen LogP contribution is -2.31.